The highest BCUT2D eigenvalue weighted by Crippen LogP contribution is 2.44. The van der Waals surface area contributed by atoms with E-state index in [1.165, 1.54) is 0 Å². The van der Waals surface area contributed by atoms with Crippen molar-refractivity contribution in [2.75, 3.05) is 13.2 Å². The number of ketones is 1. The van der Waals surface area contributed by atoms with Crippen molar-refractivity contribution in [2.45, 2.75) is 51.0 Å². The molecule has 2 atom stereocenters. The van der Waals surface area contributed by atoms with Gasteiger partial charge in [-0.25, -0.2) is 4.79 Å². The molecule has 0 aromatic heterocycles. The molecule has 4 rings (SSSR count). The van der Waals surface area contributed by atoms with E-state index < -0.39 is 11.9 Å². The number of dihydropyridines is 1. The van der Waals surface area contributed by atoms with Crippen LogP contribution in [0, 0.1) is 0 Å². The van der Waals surface area contributed by atoms with Crippen LogP contribution in [0.15, 0.2) is 46.8 Å². The number of hydrogen-bond acceptors (Lipinski definition) is 5. The molecule has 0 amide bonds. The highest BCUT2D eigenvalue weighted by atomic mass is 35.5. The second-order valence-electron chi connectivity index (χ2n) is 7.52. The van der Waals surface area contributed by atoms with Crippen LogP contribution in [0.3, 0.4) is 0 Å². The number of esters is 1. The third-order valence-corrected chi connectivity index (χ3v) is 5.98. The molecule has 1 N–H and O–H groups in total. The maximum atomic E-state index is 13.1. The quantitative estimate of drug-likeness (QED) is 0.771. The van der Waals surface area contributed by atoms with Crippen LogP contribution >= 0.6 is 11.6 Å². The number of benzene rings is 1. The number of rotatable bonds is 4. The Kier molecular flexibility index (Phi) is 5.56. The van der Waals surface area contributed by atoms with Crippen molar-refractivity contribution in [3.05, 3.63) is 57.4 Å². The number of carbonyl (C=O) groups is 2. The lowest BCUT2D eigenvalue weighted by Crippen LogP contribution is -2.35. The summed E-state index contributed by atoms with van der Waals surface area (Å²) in [5.41, 5.74) is 3.48. The highest BCUT2D eigenvalue weighted by molar-refractivity contribution is 6.31. The van der Waals surface area contributed by atoms with Crippen molar-refractivity contribution in [1.29, 1.82) is 0 Å². The molecule has 1 aromatic carbocycles. The van der Waals surface area contributed by atoms with Gasteiger partial charge in [-0.1, -0.05) is 29.8 Å². The van der Waals surface area contributed by atoms with Crippen LogP contribution in [0.25, 0.3) is 0 Å². The number of ether oxygens (including phenoxy) is 2. The molecule has 2 heterocycles. The summed E-state index contributed by atoms with van der Waals surface area (Å²) in [7, 11) is 0. The minimum Gasteiger partial charge on any atom is -0.459 e. The Hall–Kier alpha value is -2.11. The summed E-state index contributed by atoms with van der Waals surface area (Å²) in [6.45, 7) is 2.79. The van der Waals surface area contributed by atoms with E-state index in [9.17, 15) is 9.59 Å². The number of allylic oxidation sites excluding steroid dienone is 3. The minimum absolute atomic E-state index is 0.0498. The van der Waals surface area contributed by atoms with E-state index in [-0.39, 0.29) is 18.5 Å². The van der Waals surface area contributed by atoms with Gasteiger partial charge in [-0.05, 0) is 44.2 Å². The third-order valence-electron chi connectivity index (χ3n) is 5.64. The topological polar surface area (TPSA) is 64.6 Å². The molecule has 2 aliphatic heterocycles. The van der Waals surface area contributed by atoms with Gasteiger partial charge in [0.05, 0.1) is 11.7 Å². The molecular formula is C22H24ClNO4. The SMILES string of the molecule is CC1=C(C(=O)OC[C@H]2CCCO2)[C@@H](c2ccccc2Cl)C2=C(CCCC2=O)N1. The summed E-state index contributed by atoms with van der Waals surface area (Å²) in [5.74, 6) is -0.860. The zero-order valence-corrected chi connectivity index (χ0v) is 16.7. The van der Waals surface area contributed by atoms with E-state index in [4.69, 9.17) is 21.1 Å². The molecule has 0 bridgehead atoms. The first-order valence-electron chi connectivity index (χ1n) is 9.83. The van der Waals surface area contributed by atoms with Gasteiger partial charge in [0.2, 0.25) is 0 Å². The van der Waals surface area contributed by atoms with E-state index in [0.29, 0.717) is 29.2 Å². The fraction of sp³-hybridized carbons (Fsp3) is 0.455. The third kappa shape index (κ3) is 3.61. The Balaban J connectivity index is 1.71. The monoisotopic (exact) mass is 401 g/mol. The van der Waals surface area contributed by atoms with E-state index >= 15 is 0 Å². The standard InChI is InChI=1S/C22H24ClNO4/c1-13-19(22(26)28-12-14-6-5-11-27-14)20(15-7-2-3-8-16(15)23)21-17(24-13)9-4-10-18(21)25/h2-3,7-8,14,20,24H,4-6,9-12H2,1H3/t14-,20-/m1/s1. The first-order valence-corrected chi connectivity index (χ1v) is 10.2. The summed E-state index contributed by atoms with van der Waals surface area (Å²) < 4.78 is 11.2. The molecule has 3 aliphatic rings. The molecule has 0 saturated carbocycles. The Labute approximate surface area is 169 Å². The van der Waals surface area contributed by atoms with Gasteiger partial charge >= 0.3 is 5.97 Å². The van der Waals surface area contributed by atoms with Crippen molar-refractivity contribution in [1.82, 2.24) is 5.32 Å². The molecule has 1 aromatic rings. The van der Waals surface area contributed by atoms with Gasteiger partial charge in [-0.15, -0.1) is 0 Å². The number of hydrogen-bond donors (Lipinski definition) is 1. The van der Waals surface area contributed by atoms with Crippen LogP contribution in [-0.4, -0.2) is 31.1 Å². The predicted molar refractivity (Wildman–Crippen MR) is 106 cm³/mol. The van der Waals surface area contributed by atoms with Crippen molar-refractivity contribution in [3.8, 4) is 0 Å². The van der Waals surface area contributed by atoms with Crippen LogP contribution in [-0.2, 0) is 19.1 Å². The second kappa shape index (κ2) is 8.10. The van der Waals surface area contributed by atoms with Crippen LogP contribution in [0.5, 0.6) is 0 Å². The van der Waals surface area contributed by atoms with E-state index in [0.717, 1.165) is 42.6 Å². The van der Waals surface area contributed by atoms with Crippen LogP contribution in [0.1, 0.15) is 50.5 Å². The lowest BCUT2D eigenvalue weighted by atomic mass is 9.75. The zero-order valence-electron chi connectivity index (χ0n) is 15.9. The van der Waals surface area contributed by atoms with Gasteiger partial charge < -0.3 is 14.8 Å². The molecule has 148 valence electrons. The van der Waals surface area contributed by atoms with Crippen molar-refractivity contribution < 1.29 is 19.1 Å². The summed E-state index contributed by atoms with van der Waals surface area (Å²) >= 11 is 6.49. The average molecular weight is 402 g/mol. The summed E-state index contributed by atoms with van der Waals surface area (Å²) in [6, 6.07) is 7.39. The second-order valence-corrected chi connectivity index (χ2v) is 7.93. The first-order chi connectivity index (χ1) is 13.6. The van der Waals surface area contributed by atoms with Crippen molar-refractivity contribution >= 4 is 23.4 Å². The van der Waals surface area contributed by atoms with Crippen LogP contribution < -0.4 is 5.32 Å². The van der Waals surface area contributed by atoms with E-state index in [1.54, 1.807) is 6.07 Å². The van der Waals surface area contributed by atoms with Crippen LogP contribution in [0.2, 0.25) is 5.02 Å². The molecule has 0 radical (unpaired) electrons. The molecule has 1 aliphatic carbocycles. The first kappa shape index (κ1) is 19.2. The Morgan fingerprint density at radius 3 is 2.86 bits per heavy atom. The normalized spacial score (nSPS) is 24.9. The molecule has 6 heteroatoms. The van der Waals surface area contributed by atoms with Gasteiger partial charge in [0.25, 0.3) is 0 Å². The number of halogens is 1. The lowest BCUT2D eigenvalue weighted by Gasteiger charge is -2.34. The number of Topliss-reactive ketones (excluding diaryl/α,β-unsaturated/α-hetero) is 1. The van der Waals surface area contributed by atoms with Gasteiger partial charge in [0.15, 0.2) is 5.78 Å². The molecule has 5 nitrogen and oxygen atoms in total. The van der Waals surface area contributed by atoms with E-state index in [1.807, 2.05) is 25.1 Å². The molecule has 1 saturated heterocycles. The van der Waals surface area contributed by atoms with Crippen LogP contribution in [0.4, 0.5) is 0 Å². The van der Waals surface area contributed by atoms with Gasteiger partial charge in [-0.2, -0.15) is 0 Å². The molecule has 0 spiro atoms. The Bertz CT molecular complexity index is 867. The van der Waals surface area contributed by atoms with Crippen molar-refractivity contribution in [3.63, 3.8) is 0 Å². The van der Waals surface area contributed by atoms with Gasteiger partial charge in [-0.3, -0.25) is 4.79 Å². The highest BCUT2D eigenvalue weighted by Gasteiger charge is 2.40. The fourth-order valence-electron chi connectivity index (χ4n) is 4.30. The summed E-state index contributed by atoms with van der Waals surface area (Å²) in [4.78, 5) is 25.9. The maximum absolute atomic E-state index is 13.1. The number of carbonyl (C=O) groups excluding carboxylic acids is 2. The van der Waals surface area contributed by atoms with Gasteiger partial charge in [0, 0.05) is 40.9 Å². The van der Waals surface area contributed by atoms with Crippen molar-refractivity contribution in [2.24, 2.45) is 0 Å². The van der Waals surface area contributed by atoms with E-state index in [2.05, 4.69) is 5.32 Å². The minimum atomic E-state index is -0.505. The predicted octanol–water partition coefficient (Wildman–Crippen LogP) is 4.03. The largest absolute Gasteiger partial charge is 0.459 e. The summed E-state index contributed by atoms with van der Waals surface area (Å²) in [5, 5.41) is 3.83. The smallest absolute Gasteiger partial charge is 0.336 e. The fourth-order valence-corrected chi connectivity index (χ4v) is 4.54. The lowest BCUT2D eigenvalue weighted by molar-refractivity contribution is -0.142. The molecule has 28 heavy (non-hydrogen) atoms. The maximum Gasteiger partial charge on any atom is 0.336 e. The van der Waals surface area contributed by atoms with Gasteiger partial charge in [0.1, 0.15) is 6.61 Å². The Morgan fingerprint density at radius 2 is 2.11 bits per heavy atom. The molecule has 0 unspecified atom stereocenters. The number of nitrogens with one attached hydrogen (secondary N) is 1. The molecular weight excluding hydrogens is 378 g/mol. The molecule has 1 fully saturated rings. The summed E-state index contributed by atoms with van der Waals surface area (Å²) in [6.07, 6.45) is 3.91. The average Bonchev–Trinajstić information content (AvgIpc) is 3.19. The zero-order chi connectivity index (χ0) is 19.7. The Morgan fingerprint density at radius 1 is 1.29 bits per heavy atom.